The summed E-state index contributed by atoms with van der Waals surface area (Å²) in [6, 6.07) is 8.13. The van der Waals surface area contributed by atoms with Gasteiger partial charge in [-0.2, -0.15) is 5.26 Å². The number of aliphatic carboxylic acids is 1. The molecule has 3 N–H and O–H groups in total. The number of nitriles is 1. The second kappa shape index (κ2) is 3.59. The first-order valence-electron chi connectivity index (χ1n) is 3.63. The van der Waals surface area contributed by atoms with Crippen molar-refractivity contribution >= 4 is 11.7 Å². The van der Waals surface area contributed by atoms with Crippen LogP contribution in [0.1, 0.15) is 11.5 Å². The SMILES string of the molecule is N#CC(C(=O)O)c1ccccc1N. The summed E-state index contributed by atoms with van der Waals surface area (Å²) in [6.45, 7) is 0. The molecular weight excluding hydrogens is 168 g/mol. The minimum Gasteiger partial charge on any atom is -0.480 e. The van der Waals surface area contributed by atoms with Crippen LogP contribution in [0.15, 0.2) is 24.3 Å². The molecule has 0 bridgehead atoms. The molecule has 0 saturated heterocycles. The van der Waals surface area contributed by atoms with Crippen molar-refractivity contribution in [1.82, 2.24) is 0 Å². The minimum absolute atomic E-state index is 0.330. The number of nitrogens with zero attached hydrogens (tertiary/aromatic N) is 1. The van der Waals surface area contributed by atoms with Crippen LogP contribution in [-0.2, 0) is 4.79 Å². The molecule has 0 amide bonds. The minimum atomic E-state index is -1.18. The maximum atomic E-state index is 10.6. The van der Waals surface area contributed by atoms with E-state index < -0.39 is 11.9 Å². The van der Waals surface area contributed by atoms with Crippen molar-refractivity contribution in [2.75, 3.05) is 5.73 Å². The van der Waals surface area contributed by atoms with Gasteiger partial charge in [0.25, 0.3) is 0 Å². The number of carbonyl (C=O) groups is 1. The van der Waals surface area contributed by atoms with E-state index in [9.17, 15) is 4.79 Å². The van der Waals surface area contributed by atoms with E-state index in [0.717, 1.165) is 0 Å². The number of hydrogen-bond acceptors (Lipinski definition) is 3. The number of anilines is 1. The third-order valence-corrected chi connectivity index (χ3v) is 1.68. The second-order valence-corrected chi connectivity index (χ2v) is 2.53. The van der Waals surface area contributed by atoms with Crippen molar-refractivity contribution in [3.63, 3.8) is 0 Å². The van der Waals surface area contributed by atoms with Gasteiger partial charge in [-0.05, 0) is 6.07 Å². The Morgan fingerprint density at radius 3 is 2.62 bits per heavy atom. The first kappa shape index (κ1) is 9.07. The summed E-state index contributed by atoms with van der Waals surface area (Å²) < 4.78 is 0. The summed E-state index contributed by atoms with van der Waals surface area (Å²) in [5.41, 5.74) is 6.20. The number of nitrogen functional groups attached to an aromatic ring is 1. The van der Waals surface area contributed by atoms with Crippen molar-refractivity contribution in [3.8, 4) is 6.07 Å². The van der Waals surface area contributed by atoms with E-state index in [-0.39, 0.29) is 0 Å². The predicted molar refractivity (Wildman–Crippen MR) is 46.8 cm³/mol. The van der Waals surface area contributed by atoms with Gasteiger partial charge in [0.1, 0.15) is 0 Å². The molecule has 4 heteroatoms. The molecule has 0 heterocycles. The lowest BCUT2D eigenvalue weighted by atomic mass is 9.99. The van der Waals surface area contributed by atoms with Crippen LogP contribution in [-0.4, -0.2) is 11.1 Å². The highest BCUT2D eigenvalue weighted by Gasteiger charge is 2.20. The highest BCUT2D eigenvalue weighted by molar-refractivity contribution is 5.81. The number of carboxylic acid groups (broad SMARTS) is 1. The molecule has 4 nitrogen and oxygen atoms in total. The zero-order valence-electron chi connectivity index (χ0n) is 6.77. The molecular formula is C9H8N2O2. The lowest BCUT2D eigenvalue weighted by molar-refractivity contribution is -0.137. The molecule has 0 aliphatic heterocycles. The Morgan fingerprint density at radius 2 is 2.15 bits per heavy atom. The summed E-state index contributed by atoms with van der Waals surface area (Å²) in [5, 5.41) is 17.3. The van der Waals surface area contributed by atoms with Crippen molar-refractivity contribution in [2.45, 2.75) is 5.92 Å². The van der Waals surface area contributed by atoms with Crippen LogP contribution in [0.3, 0.4) is 0 Å². The fourth-order valence-electron chi connectivity index (χ4n) is 1.03. The molecule has 1 atom stereocenters. The molecule has 66 valence electrons. The van der Waals surface area contributed by atoms with E-state index >= 15 is 0 Å². The van der Waals surface area contributed by atoms with Gasteiger partial charge in [0, 0.05) is 11.3 Å². The topological polar surface area (TPSA) is 87.1 Å². The highest BCUT2D eigenvalue weighted by Crippen LogP contribution is 2.21. The predicted octanol–water partition coefficient (Wildman–Crippen LogP) is 0.961. The van der Waals surface area contributed by atoms with Gasteiger partial charge >= 0.3 is 5.97 Å². The molecule has 0 aromatic heterocycles. The number of rotatable bonds is 2. The van der Waals surface area contributed by atoms with Crippen LogP contribution in [0.25, 0.3) is 0 Å². The lowest BCUT2D eigenvalue weighted by Crippen LogP contribution is -2.11. The van der Waals surface area contributed by atoms with Crippen molar-refractivity contribution in [1.29, 1.82) is 5.26 Å². The molecule has 1 rings (SSSR count). The van der Waals surface area contributed by atoms with Crippen LogP contribution in [0.4, 0.5) is 5.69 Å². The fourth-order valence-corrected chi connectivity index (χ4v) is 1.03. The van der Waals surface area contributed by atoms with E-state index in [1.54, 1.807) is 24.3 Å². The number of nitrogens with two attached hydrogens (primary N) is 1. The standard InChI is InChI=1S/C9H8N2O2/c10-5-7(9(12)13)6-3-1-2-4-8(6)11/h1-4,7H,11H2,(H,12,13). The fraction of sp³-hybridized carbons (Fsp3) is 0.111. The number of benzene rings is 1. The van der Waals surface area contributed by atoms with Crippen molar-refractivity contribution in [3.05, 3.63) is 29.8 Å². The smallest absolute Gasteiger partial charge is 0.325 e. The first-order chi connectivity index (χ1) is 6.16. The van der Waals surface area contributed by atoms with Crippen molar-refractivity contribution in [2.24, 2.45) is 0 Å². The Morgan fingerprint density at radius 1 is 1.54 bits per heavy atom. The maximum Gasteiger partial charge on any atom is 0.325 e. The monoisotopic (exact) mass is 176 g/mol. The molecule has 0 spiro atoms. The van der Waals surface area contributed by atoms with Gasteiger partial charge in [0.2, 0.25) is 0 Å². The van der Waals surface area contributed by atoms with Gasteiger partial charge in [-0.1, -0.05) is 18.2 Å². The van der Waals surface area contributed by atoms with Gasteiger partial charge in [0.15, 0.2) is 5.92 Å². The molecule has 0 aliphatic carbocycles. The Bertz CT molecular complexity index is 368. The normalized spacial score (nSPS) is 11.6. The average Bonchev–Trinajstić information content (AvgIpc) is 2.09. The number of para-hydroxylation sites is 1. The van der Waals surface area contributed by atoms with Crippen LogP contribution in [0, 0.1) is 11.3 Å². The van der Waals surface area contributed by atoms with Gasteiger partial charge in [0.05, 0.1) is 6.07 Å². The van der Waals surface area contributed by atoms with E-state index in [0.29, 0.717) is 11.3 Å². The Balaban J connectivity index is 3.14. The van der Waals surface area contributed by atoms with Gasteiger partial charge in [-0.3, -0.25) is 4.79 Å². The Kier molecular flexibility index (Phi) is 2.50. The molecule has 13 heavy (non-hydrogen) atoms. The zero-order valence-corrected chi connectivity index (χ0v) is 6.77. The molecule has 0 saturated carbocycles. The summed E-state index contributed by atoms with van der Waals surface area (Å²) >= 11 is 0. The van der Waals surface area contributed by atoms with Crippen LogP contribution < -0.4 is 5.73 Å². The number of hydrogen-bond donors (Lipinski definition) is 2. The first-order valence-corrected chi connectivity index (χ1v) is 3.63. The summed E-state index contributed by atoms with van der Waals surface area (Å²) in [5.74, 6) is -2.36. The average molecular weight is 176 g/mol. The summed E-state index contributed by atoms with van der Waals surface area (Å²) in [7, 11) is 0. The second-order valence-electron chi connectivity index (χ2n) is 2.53. The summed E-state index contributed by atoms with van der Waals surface area (Å²) in [4.78, 5) is 10.6. The number of carboxylic acids is 1. The molecule has 0 aliphatic rings. The Hall–Kier alpha value is -2.02. The van der Waals surface area contributed by atoms with E-state index in [1.807, 2.05) is 0 Å². The van der Waals surface area contributed by atoms with Crippen LogP contribution >= 0.6 is 0 Å². The quantitative estimate of drug-likeness (QED) is 0.657. The van der Waals surface area contributed by atoms with E-state index in [4.69, 9.17) is 16.1 Å². The summed E-state index contributed by atoms with van der Waals surface area (Å²) in [6.07, 6.45) is 0. The zero-order chi connectivity index (χ0) is 9.84. The van der Waals surface area contributed by atoms with E-state index in [2.05, 4.69) is 0 Å². The largest absolute Gasteiger partial charge is 0.480 e. The molecule has 1 unspecified atom stereocenters. The lowest BCUT2D eigenvalue weighted by Gasteiger charge is -2.06. The van der Waals surface area contributed by atoms with Crippen LogP contribution in [0.2, 0.25) is 0 Å². The van der Waals surface area contributed by atoms with Gasteiger partial charge in [-0.25, -0.2) is 0 Å². The molecule has 0 fully saturated rings. The van der Waals surface area contributed by atoms with Gasteiger partial charge in [-0.15, -0.1) is 0 Å². The Labute approximate surface area is 75.2 Å². The van der Waals surface area contributed by atoms with Crippen molar-refractivity contribution < 1.29 is 9.90 Å². The highest BCUT2D eigenvalue weighted by atomic mass is 16.4. The molecule has 1 aromatic carbocycles. The van der Waals surface area contributed by atoms with Crippen LogP contribution in [0.5, 0.6) is 0 Å². The third-order valence-electron chi connectivity index (χ3n) is 1.68. The molecule has 0 radical (unpaired) electrons. The third kappa shape index (κ3) is 1.76. The van der Waals surface area contributed by atoms with Gasteiger partial charge < -0.3 is 10.8 Å². The van der Waals surface area contributed by atoms with E-state index in [1.165, 1.54) is 6.07 Å². The molecule has 1 aromatic rings. The maximum absolute atomic E-state index is 10.6.